The molecule has 0 aromatic heterocycles. The third-order valence-corrected chi connectivity index (χ3v) is 2.16. The minimum Gasteiger partial charge on any atom is -1.00 e. The zero-order valence-electron chi connectivity index (χ0n) is 8.29. The van der Waals surface area contributed by atoms with Gasteiger partial charge in [0.2, 0.25) is 0 Å². The number of hydrogen-bond donors (Lipinski definition) is 1. The molecule has 1 saturated heterocycles. The molecule has 1 aromatic carbocycles. The molecule has 5 heteroatoms. The van der Waals surface area contributed by atoms with E-state index in [1.54, 1.807) is 0 Å². The van der Waals surface area contributed by atoms with E-state index < -0.39 is 0 Å². The van der Waals surface area contributed by atoms with E-state index in [9.17, 15) is 0 Å². The number of piperazine rings is 1. The maximum absolute atomic E-state index is 4.54. The summed E-state index contributed by atoms with van der Waals surface area (Å²) in [4.78, 5) is 0. The number of nitrogens with one attached hydrogen (secondary N) is 1. The van der Waals surface area contributed by atoms with Crippen LogP contribution in [0.3, 0.4) is 0 Å². The van der Waals surface area contributed by atoms with E-state index in [0.717, 1.165) is 19.6 Å². The zero-order chi connectivity index (χ0) is 8.23. The van der Waals surface area contributed by atoms with Gasteiger partial charge < -0.3 is 35.4 Å². The standard InChI is InChI=1S/C10H13N2.2ClH.Ti/c1-2-4-9(5-3-1)10-8-11-6-7-12-10;;;/h1-5,10-11H,6-8H2;2*1H;/q-1;;;+3/p-2. The van der Waals surface area contributed by atoms with E-state index in [0.29, 0.717) is 6.04 Å². The van der Waals surface area contributed by atoms with Gasteiger partial charge in [0, 0.05) is 0 Å². The van der Waals surface area contributed by atoms with Crippen molar-refractivity contribution < 1.29 is 46.5 Å². The molecule has 15 heavy (non-hydrogen) atoms. The Hall–Kier alpha value is 0.434. The fourth-order valence-electron chi connectivity index (χ4n) is 1.50. The third kappa shape index (κ3) is 5.34. The summed E-state index contributed by atoms with van der Waals surface area (Å²) in [5.41, 5.74) is 1.32. The Morgan fingerprint density at radius 1 is 1.13 bits per heavy atom. The average Bonchev–Trinajstić information content (AvgIpc) is 2.21. The van der Waals surface area contributed by atoms with Gasteiger partial charge in [-0.2, -0.15) is 0 Å². The van der Waals surface area contributed by atoms with E-state index in [1.165, 1.54) is 5.56 Å². The summed E-state index contributed by atoms with van der Waals surface area (Å²) in [6.45, 7) is 2.97. The summed E-state index contributed by atoms with van der Waals surface area (Å²) in [5, 5.41) is 7.88. The van der Waals surface area contributed by atoms with Crippen LogP contribution >= 0.6 is 0 Å². The van der Waals surface area contributed by atoms with E-state index in [2.05, 4.69) is 34.9 Å². The molecule has 1 unspecified atom stereocenters. The van der Waals surface area contributed by atoms with Crippen molar-refractivity contribution in [3.63, 3.8) is 0 Å². The fraction of sp³-hybridized carbons (Fsp3) is 0.400. The normalized spacial score (nSPS) is 19.1. The van der Waals surface area contributed by atoms with Gasteiger partial charge in [0.15, 0.2) is 0 Å². The molecule has 0 aliphatic carbocycles. The molecule has 81 valence electrons. The van der Waals surface area contributed by atoms with Crippen LogP contribution in [0.15, 0.2) is 30.3 Å². The molecule has 0 saturated carbocycles. The Kier molecular flexibility index (Phi) is 11.5. The van der Waals surface area contributed by atoms with Crippen LogP contribution in [0.25, 0.3) is 5.32 Å². The summed E-state index contributed by atoms with van der Waals surface area (Å²) in [5.74, 6) is 0. The van der Waals surface area contributed by atoms with Crippen LogP contribution in [0.4, 0.5) is 0 Å². The Bertz CT molecular complexity index is 240. The van der Waals surface area contributed by atoms with Gasteiger partial charge >= 0.3 is 21.7 Å². The van der Waals surface area contributed by atoms with Crippen LogP contribution in [-0.4, -0.2) is 19.6 Å². The molecule has 1 fully saturated rings. The predicted octanol–water partition coefficient (Wildman–Crippen LogP) is -4.29. The molecule has 1 radical (unpaired) electrons. The smallest absolute Gasteiger partial charge is 1.00 e. The first-order valence-corrected chi connectivity index (χ1v) is 4.39. The molecule has 1 aliphatic heterocycles. The molecule has 1 aromatic rings. The van der Waals surface area contributed by atoms with Crippen molar-refractivity contribution in [3.8, 4) is 0 Å². The quantitative estimate of drug-likeness (QED) is 0.518. The first-order valence-electron chi connectivity index (χ1n) is 4.39. The van der Waals surface area contributed by atoms with Crippen LogP contribution in [0.2, 0.25) is 0 Å². The maximum atomic E-state index is 4.54. The molecular weight excluding hydrogens is 267 g/mol. The number of nitrogens with zero attached hydrogens (tertiary/aromatic N) is 1. The first kappa shape index (κ1) is 17.8. The van der Waals surface area contributed by atoms with Crippen LogP contribution in [0, 0.1) is 0 Å². The SMILES string of the molecule is [Cl-].[Cl-].[Ti+3].c1ccc(C2CNCC[N-]2)cc1. The summed E-state index contributed by atoms with van der Waals surface area (Å²) >= 11 is 0. The molecule has 1 N–H and O–H groups in total. The van der Waals surface area contributed by atoms with Crippen molar-refractivity contribution in [3.05, 3.63) is 41.2 Å². The molecule has 0 amide bonds. The topological polar surface area (TPSA) is 26.1 Å². The summed E-state index contributed by atoms with van der Waals surface area (Å²) in [6.07, 6.45) is 0. The van der Waals surface area contributed by atoms with Crippen LogP contribution in [-0.2, 0) is 21.7 Å². The minimum atomic E-state index is 0. The predicted molar refractivity (Wildman–Crippen MR) is 50.3 cm³/mol. The second kappa shape index (κ2) is 9.65. The van der Waals surface area contributed by atoms with Crippen molar-refractivity contribution in [1.29, 1.82) is 0 Å². The van der Waals surface area contributed by atoms with Crippen LogP contribution < -0.4 is 30.1 Å². The van der Waals surface area contributed by atoms with Gasteiger partial charge in [-0.3, -0.25) is 0 Å². The molecule has 2 rings (SSSR count). The molecule has 1 aliphatic rings. The van der Waals surface area contributed by atoms with E-state index >= 15 is 0 Å². The van der Waals surface area contributed by atoms with Crippen molar-refractivity contribution in [2.75, 3.05) is 19.6 Å². The van der Waals surface area contributed by atoms with Gasteiger partial charge in [0.1, 0.15) is 0 Å². The van der Waals surface area contributed by atoms with E-state index in [1.807, 2.05) is 6.07 Å². The van der Waals surface area contributed by atoms with Gasteiger partial charge in [-0.05, 0) is 13.1 Å². The van der Waals surface area contributed by atoms with Crippen molar-refractivity contribution in [2.45, 2.75) is 6.04 Å². The number of benzene rings is 1. The van der Waals surface area contributed by atoms with Gasteiger partial charge in [0.25, 0.3) is 0 Å². The second-order valence-corrected chi connectivity index (χ2v) is 3.04. The van der Waals surface area contributed by atoms with Crippen LogP contribution in [0.1, 0.15) is 11.6 Å². The summed E-state index contributed by atoms with van der Waals surface area (Å²) < 4.78 is 0. The molecule has 1 atom stereocenters. The maximum Gasteiger partial charge on any atom is 3.00 e. The van der Waals surface area contributed by atoms with Gasteiger partial charge in [0.05, 0.1) is 0 Å². The van der Waals surface area contributed by atoms with Gasteiger partial charge in [-0.1, -0.05) is 41.9 Å². The molecular formula is C10H13Cl2N2Ti. The summed E-state index contributed by atoms with van der Waals surface area (Å²) in [7, 11) is 0. The third-order valence-electron chi connectivity index (χ3n) is 2.16. The number of hydrogen-bond acceptors (Lipinski definition) is 1. The van der Waals surface area contributed by atoms with E-state index in [4.69, 9.17) is 0 Å². The fourth-order valence-corrected chi connectivity index (χ4v) is 1.50. The molecule has 2 nitrogen and oxygen atoms in total. The molecule has 0 bridgehead atoms. The Morgan fingerprint density at radius 3 is 2.33 bits per heavy atom. The van der Waals surface area contributed by atoms with Crippen molar-refractivity contribution in [2.24, 2.45) is 0 Å². The van der Waals surface area contributed by atoms with Crippen LogP contribution in [0.5, 0.6) is 0 Å². The largest absolute Gasteiger partial charge is 3.00 e. The Morgan fingerprint density at radius 2 is 1.80 bits per heavy atom. The summed E-state index contributed by atoms with van der Waals surface area (Å²) in [6, 6.07) is 10.8. The monoisotopic (exact) mass is 279 g/mol. The Labute approximate surface area is 118 Å². The van der Waals surface area contributed by atoms with Crippen molar-refractivity contribution in [1.82, 2.24) is 5.32 Å². The Balaban J connectivity index is 0. The number of halogens is 2. The minimum absolute atomic E-state index is 0. The van der Waals surface area contributed by atoms with Crippen molar-refractivity contribution >= 4 is 0 Å². The number of rotatable bonds is 1. The molecule has 0 spiro atoms. The first-order chi connectivity index (χ1) is 5.97. The van der Waals surface area contributed by atoms with Gasteiger partial charge in [-0.15, -0.1) is 6.54 Å². The van der Waals surface area contributed by atoms with Gasteiger partial charge in [-0.25, -0.2) is 0 Å². The molecule has 1 heterocycles. The van der Waals surface area contributed by atoms with E-state index in [-0.39, 0.29) is 46.5 Å². The average molecular weight is 280 g/mol. The second-order valence-electron chi connectivity index (χ2n) is 3.04. The zero-order valence-corrected chi connectivity index (χ0v) is 11.4.